The molecule has 4 amide bonds. The molecule has 2 aromatic rings. The van der Waals surface area contributed by atoms with Crippen LogP contribution in [0.1, 0.15) is 12.5 Å². The molecule has 3 rings (SSSR count). The zero-order valence-electron chi connectivity index (χ0n) is 13.8. The largest absolute Gasteiger partial charge is 0.494 e. The molecule has 0 bridgehead atoms. The van der Waals surface area contributed by atoms with Gasteiger partial charge < -0.3 is 4.74 Å². The summed E-state index contributed by atoms with van der Waals surface area (Å²) in [7, 11) is 0. The van der Waals surface area contributed by atoms with Crippen molar-refractivity contribution >= 4 is 23.5 Å². The van der Waals surface area contributed by atoms with Gasteiger partial charge in [-0.3, -0.25) is 14.9 Å². The molecule has 6 nitrogen and oxygen atoms in total. The molecular formula is C19H18N2O4. The first-order chi connectivity index (χ1) is 12.1. The van der Waals surface area contributed by atoms with Crippen molar-refractivity contribution in [1.29, 1.82) is 0 Å². The molecule has 1 unspecified atom stereocenters. The predicted molar refractivity (Wildman–Crippen MR) is 92.3 cm³/mol. The Bertz CT molecular complexity index is 787. The van der Waals surface area contributed by atoms with Crippen LogP contribution < -0.4 is 15.0 Å². The molecule has 6 heteroatoms. The van der Waals surface area contributed by atoms with Crippen LogP contribution in [-0.2, 0) is 16.0 Å². The molecule has 1 aliphatic heterocycles. The van der Waals surface area contributed by atoms with E-state index in [0.29, 0.717) is 12.3 Å². The summed E-state index contributed by atoms with van der Waals surface area (Å²) >= 11 is 0. The summed E-state index contributed by atoms with van der Waals surface area (Å²) in [5, 5.41) is 2.26. The second-order valence-electron chi connectivity index (χ2n) is 5.64. The number of carbonyl (C=O) groups is 3. The first-order valence-electron chi connectivity index (χ1n) is 8.05. The molecule has 1 aliphatic rings. The molecule has 0 spiro atoms. The second-order valence-corrected chi connectivity index (χ2v) is 5.64. The number of amides is 4. The summed E-state index contributed by atoms with van der Waals surface area (Å²) < 4.78 is 5.38. The average Bonchev–Trinajstić information content (AvgIpc) is 2.61. The van der Waals surface area contributed by atoms with E-state index in [-0.39, 0.29) is 6.42 Å². The van der Waals surface area contributed by atoms with Crippen LogP contribution >= 0.6 is 0 Å². The number of rotatable bonds is 5. The SMILES string of the molecule is CCOc1ccc(CC2C(=O)NC(=O)N(c3ccccc3)C2=O)cc1. The molecule has 0 saturated carbocycles. The van der Waals surface area contributed by atoms with E-state index in [0.717, 1.165) is 16.2 Å². The molecule has 25 heavy (non-hydrogen) atoms. The van der Waals surface area contributed by atoms with Gasteiger partial charge in [0, 0.05) is 0 Å². The quantitative estimate of drug-likeness (QED) is 0.850. The number of anilines is 1. The Labute approximate surface area is 145 Å². The summed E-state index contributed by atoms with van der Waals surface area (Å²) in [5.74, 6) is -1.31. The molecule has 0 aliphatic carbocycles. The summed E-state index contributed by atoms with van der Waals surface area (Å²) in [6, 6.07) is 15.1. The lowest BCUT2D eigenvalue weighted by Crippen LogP contribution is -2.58. The molecule has 0 aromatic heterocycles. The highest BCUT2D eigenvalue weighted by atomic mass is 16.5. The fourth-order valence-electron chi connectivity index (χ4n) is 2.74. The number of para-hydroxylation sites is 1. The minimum Gasteiger partial charge on any atom is -0.494 e. The number of hydrogen-bond acceptors (Lipinski definition) is 4. The Morgan fingerprint density at radius 2 is 1.68 bits per heavy atom. The Balaban J connectivity index is 1.81. The van der Waals surface area contributed by atoms with E-state index in [4.69, 9.17) is 4.74 Å². The third-order valence-electron chi connectivity index (χ3n) is 3.96. The normalized spacial score (nSPS) is 17.4. The number of hydrogen-bond donors (Lipinski definition) is 1. The fraction of sp³-hybridized carbons (Fsp3) is 0.211. The van der Waals surface area contributed by atoms with Crippen molar-refractivity contribution < 1.29 is 19.1 Å². The van der Waals surface area contributed by atoms with Crippen LogP contribution in [0.2, 0.25) is 0 Å². The molecular weight excluding hydrogens is 320 g/mol. The highest BCUT2D eigenvalue weighted by Crippen LogP contribution is 2.23. The van der Waals surface area contributed by atoms with Gasteiger partial charge in [-0.15, -0.1) is 0 Å². The minimum absolute atomic E-state index is 0.216. The van der Waals surface area contributed by atoms with Crippen molar-refractivity contribution in [2.75, 3.05) is 11.5 Å². The van der Waals surface area contributed by atoms with Crippen molar-refractivity contribution in [3.05, 3.63) is 60.2 Å². The van der Waals surface area contributed by atoms with Gasteiger partial charge in [0.1, 0.15) is 11.7 Å². The highest BCUT2D eigenvalue weighted by molar-refractivity contribution is 6.27. The third kappa shape index (κ3) is 3.52. The van der Waals surface area contributed by atoms with Gasteiger partial charge in [-0.2, -0.15) is 0 Å². The predicted octanol–water partition coefficient (Wildman–Crippen LogP) is 2.53. The number of imide groups is 2. The first kappa shape index (κ1) is 16.7. The number of ether oxygens (including phenoxy) is 1. The lowest BCUT2D eigenvalue weighted by atomic mass is 9.95. The fourth-order valence-corrected chi connectivity index (χ4v) is 2.74. The van der Waals surface area contributed by atoms with Crippen LogP contribution in [-0.4, -0.2) is 24.5 Å². The number of barbiturate groups is 1. The van der Waals surface area contributed by atoms with E-state index in [2.05, 4.69) is 5.32 Å². The van der Waals surface area contributed by atoms with Crippen molar-refractivity contribution in [1.82, 2.24) is 5.32 Å². The summed E-state index contributed by atoms with van der Waals surface area (Å²) in [5.41, 5.74) is 1.26. The van der Waals surface area contributed by atoms with Crippen LogP contribution in [0, 0.1) is 5.92 Å². The van der Waals surface area contributed by atoms with Crippen molar-refractivity contribution in [3.63, 3.8) is 0 Å². The second kappa shape index (κ2) is 7.17. The number of carbonyl (C=O) groups excluding carboxylic acids is 3. The third-order valence-corrected chi connectivity index (χ3v) is 3.96. The summed E-state index contributed by atoms with van der Waals surface area (Å²) in [6.07, 6.45) is 0.216. The van der Waals surface area contributed by atoms with Gasteiger partial charge in [-0.1, -0.05) is 30.3 Å². The Kier molecular flexibility index (Phi) is 4.79. The lowest BCUT2D eigenvalue weighted by molar-refractivity contribution is -0.134. The maximum absolute atomic E-state index is 12.7. The van der Waals surface area contributed by atoms with Crippen LogP contribution in [0.3, 0.4) is 0 Å². The van der Waals surface area contributed by atoms with E-state index in [1.807, 2.05) is 19.1 Å². The molecule has 1 N–H and O–H groups in total. The van der Waals surface area contributed by atoms with Gasteiger partial charge in [-0.25, -0.2) is 9.69 Å². The Morgan fingerprint density at radius 3 is 2.32 bits per heavy atom. The van der Waals surface area contributed by atoms with Gasteiger partial charge in [0.15, 0.2) is 0 Å². The number of benzene rings is 2. The summed E-state index contributed by atoms with van der Waals surface area (Å²) in [4.78, 5) is 38.0. The Hall–Kier alpha value is -3.15. The maximum atomic E-state index is 12.7. The zero-order valence-corrected chi connectivity index (χ0v) is 13.8. The van der Waals surface area contributed by atoms with Crippen molar-refractivity contribution in [2.45, 2.75) is 13.3 Å². The van der Waals surface area contributed by atoms with Gasteiger partial charge in [0.05, 0.1) is 12.3 Å². The molecule has 128 valence electrons. The topological polar surface area (TPSA) is 75.7 Å². The lowest BCUT2D eigenvalue weighted by Gasteiger charge is -2.30. The number of nitrogens with one attached hydrogen (secondary N) is 1. The van der Waals surface area contributed by atoms with Crippen LogP contribution in [0.4, 0.5) is 10.5 Å². The molecule has 1 fully saturated rings. The molecule has 2 aromatic carbocycles. The molecule has 1 heterocycles. The van der Waals surface area contributed by atoms with E-state index in [1.165, 1.54) is 0 Å². The molecule has 0 radical (unpaired) electrons. The summed E-state index contributed by atoms with van der Waals surface area (Å²) in [6.45, 7) is 2.46. The molecule has 1 saturated heterocycles. The van der Waals surface area contributed by atoms with E-state index >= 15 is 0 Å². The Morgan fingerprint density at radius 1 is 1.00 bits per heavy atom. The highest BCUT2D eigenvalue weighted by Gasteiger charge is 2.41. The van der Waals surface area contributed by atoms with Gasteiger partial charge in [0.2, 0.25) is 11.8 Å². The van der Waals surface area contributed by atoms with Crippen LogP contribution in [0.25, 0.3) is 0 Å². The first-order valence-corrected chi connectivity index (χ1v) is 8.05. The van der Waals surface area contributed by atoms with Gasteiger partial charge in [-0.05, 0) is 43.2 Å². The average molecular weight is 338 g/mol. The zero-order chi connectivity index (χ0) is 17.8. The standard InChI is InChI=1S/C19H18N2O4/c1-2-25-15-10-8-13(9-11-15)12-16-17(22)20-19(24)21(18(16)23)14-6-4-3-5-7-14/h3-11,16H,2,12H2,1H3,(H,20,22,24). The number of urea groups is 1. The molecule has 1 atom stereocenters. The number of nitrogens with zero attached hydrogens (tertiary/aromatic N) is 1. The van der Waals surface area contributed by atoms with E-state index < -0.39 is 23.8 Å². The van der Waals surface area contributed by atoms with E-state index in [1.54, 1.807) is 42.5 Å². The van der Waals surface area contributed by atoms with Gasteiger partial charge in [0.25, 0.3) is 0 Å². The minimum atomic E-state index is -0.948. The van der Waals surface area contributed by atoms with E-state index in [9.17, 15) is 14.4 Å². The van der Waals surface area contributed by atoms with Crippen LogP contribution in [0.15, 0.2) is 54.6 Å². The maximum Gasteiger partial charge on any atom is 0.335 e. The smallest absolute Gasteiger partial charge is 0.335 e. The van der Waals surface area contributed by atoms with Crippen LogP contribution in [0.5, 0.6) is 5.75 Å². The van der Waals surface area contributed by atoms with Gasteiger partial charge >= 0.3 is 6.03 Å². The van der Waals surface area contributed by atoms with Crippen molar-refractivity contribution in [2.24, 2.45) is 5.92 Å². The van der Waals surface area contributed by atoms with Crippen molar-refractivity contribution in [3.8, 4) is 5.75 Å². The monoisotopic (exact) mass is 338 g/mol.